The number of fused-ring (bicyclic) bond motifs is 1. The fraction of sp³-hybridized carbons (Fsp3) is 0.269. The van der Waals surface area contributed by atoms with Crippen LogP contribution in [0.2, 0.25) is 0 Å². The van der Waals surface area contributed by atoms with E-state index < -0.39 is 21.7 Å². The van der Waals surface area contributed by atoms with Gasteiger partial charge in [0.1, 0.15) is 11.6 Å². The molecule has 178 valence electrons. The Hall–Kier alpha value is -3.26. The van der Waals surface area contributed by atoms with Crippen LogP contribution in [0.3, 0.4) is 0 Å². The Kier molecular flexibility index (Phi) is 6.20. The number of anilines is 1. The average molecular weight is 485 g/mol. The summed E-state index contributed by atoms with van der Waals surface area (Å²) in [5, 5.41) is 0. The number of amides is 1. The van der Waals surface area contributed by atoms with Gasteiger partial charge < -0.3 is 4.90 Å². The van der Waals surface area contributed by atoms with Crippen molar-refractivity contribution in [1.29, 1.82) is 0 Å². The number of benzene rings is 3. The Morgan fingerprint density at radius 1 is 0.941 bits per heavy atom. The largest absolute Gasteiger partial charge is 0.334 e. The highest BCUT2D eigenvalue weighted by Crippen LogP contribution is 2.28. The molecule has 8 heteroatoms. The molecule has 0 fully saturated rings. The Bertz CT molecular complexity index is 1350. The minimum Gasteiger partial charge on any atom is -0.334 e. The van der Waals surface area contributed by atoms with Crippen LogP contribution < -0.4 is 4.72 Å². The van der Waals surface area contributed by atoms with E-state index in [1.165, 1.54) is 17.7 Å². The van der Waals surface area contributed by atoms with E-state index in [2.05, 4.69) is 25.5 Å². The van der Waals surface area contributed by atoms with Gasteiger partial charge in [0.2, 0.25) is 5.91 Å². The van der Waals surface area contributed by atoms with Crippen LogP contribution in [0, 0.1) is 11.6 Å². The summed E-state index contributed by atoms with van der Waals surface area (Å²) in [4.78, 5) is 14.5. The molecule has 0 aliphatic carbocycles. The minimum atomic E-state index is -4.09. The van der Waals surface area contributed by atoms with Crippen LogP contribution in [-0.2, 0) is 39.7 Å². The molecule has 1 aliphatic rings. The van der Waals surface area contributed by atoms with Gasteiger partial charge in [-0.1, -0.05) is 51.1 Å². The molecule has 0 aromatic heterocycles. The highest BCUT2D eigenvalue weighted by atomic mass is 32.2. The molecule has 3 aromatic rings. The van der Waals surface area contributed by atoms with E-state index in [-0.39, 0.29) is 28.3 Å². The van der Waals surface area contributed by atoms with Crippen LogP contribution in [0.15, 0.2) is 65.6 Å². The zero-order valence-electron chi connectivity index (χ0n) is 19.2. The fourth-order valence-electron chi connectivity index (χ4n) is 3.90. The Labute approximate surface area is 198 Å². The summed E-state index contributed by atoms with van der Waals surface area (Å²) in [5.41, 5.74) is 3.40. The van der Waals surface area contributed by atoms with Gasteiger partial charge in [0.05, 0.1) is 17.0 Å². The lowest BCUT2D eigenvalue weighted by atomic mass is 9.86. The van der Waals surface area contributed by atoms with Gasteiger partial charge in [0.25, 0.3) is 10.0 Å². The molecule has 0 radical (unpaired) electrons. The second-order valence-corrected chi connectivity index (χ2v) is 11.2. The Balaban J connectivity index is 1.45. The molecule has 0 saturated carbocycles. The van der Waals surface area contributed by atoms with Crippen molar-refractivity contribution >= 4 is 21.6 Å². The number of rotatable bonds is 5. The molecule has 0 saturated heterocycles. The second kappa shape index (κ2) is 8.83. The predicted molar refractivity (Wildman–Crippen MR) is 127 cm³/mol. The monoisotopic (exact) mass is 484 g/mol. The summed E-state index contributed by atoms with van der Waals surface area (Å²) in [6.07, 6.45) is 0.259. The van der Waals surface area contributed by atoms with E-state index in [9.17, 15) is 22.0 Å². The summed E-state index contributed by atoms with van der Waals surface area (Å²) in [7, 11) is -4.09. The topological polar surface area (TPSA) is 66.5 Å². The third-order valence-electron chi connectivity index (χ3n) is 5.91. The first-order chi connectivity index (χ1) is 15.9. The number of nitrogens with zero attached hydrogens (tertiary/aromatic N) is 1. The van der Waals surface area contributed by atoms with Crippen molar-refractivity contribution in [3.63, 3.8) is 0 Å². The van der Waals surface area contributed by atoms with Crippen molar-refractivity contribution in [1.82, 2.24) is 4.90 Å². The van der Waals surface area contributed by atoms with Crippen LogP contribution in [0.1, 0.15) is 43.0 Å². The van der Waals surface area contributed by atoms with Gasteiger partial charge in [0, 0.05) is 19.2 Å². The van der Waals surface area contributed by atoms with Gasteiger partial charge in [-0.25, -0.2) is 17.2 Å². The van der Waals surface area contributed by atoms with Crippen molar-refractivity contribution in [2.45, 2.75) is 50.6 Å². The molecule has 0 unspecified atom stereocenters. The van der Waals surface area contributed by atoms with Crippen LogP contribution in [0.5, 0.6) is 0 Å². The maximum atomic E-state index is 13.9. The number of sulfonamides is 1. The maximum Gasteiger partial charge on any atom is 0.261 e. The Morgan fingerprint density at radius 2 is 1.62 bits per heavy atom. The van der Waals surface area contributed by atoms with Crippen molar-refractivity contribution < 1.29 is 22.0 Å². The summed E-state index contributed by atoms with van der Waals surface area (Å²) in [5.74, 6) is -1.85. The maximum absolute atomic E-state index is 13.9. The number of hydrogen-bond donors (Lipinski definition) is 1. The highest BCUT2D eigenvalue weighted by Gasteiger charge is 2.26. The molecular weight excluding hydrogens is 458 g/mol. The van der Waals surface area contributed by atoms with Gasteiger partial charge in [0.15, 0.2) is 0 Å². The predicted octanol–water partition coefficient (Wildman–Crippen LogP) is 5.15. The molecular formula is C26H26F2N2O3S. The minimum absolute atomic E-state index is 0.0362. The lowest BCUT2D eigenvalue weighted by molar-refractivity contribution is -0.131. The summed E-state index contributed by atoms with van der Waals surface area (Å²) in [6, 6.07) is 15.2. The zero-order valence-corrected chi connectivity index (χ0v) is 20.0. The average Bonchev–Trinajstić information content (AvgIpc) is 3.19. The van der Waals surface area contributed by atoms with Crippen molar-refractivity contribution in [3.8, 4) is 0 Å². The molecule has 4 rings (SSSR count). The van der Waals surface area contributed by atoms with Crippen molar-refractivity contribution in [3.05, 3.63) is 94.6 Å². The molecule has 1 aliphatic heterocycles. The van der Waals surface area contributed by atoms with Crippen molar-refractivity contribution in [2.24, 2.45) is 0 Å². The van der Waals surface area contributed by atoms with E-state index in [1.807, 2.05) is 24.3 Å². The summed E-state index contributed by atoms with van der Waals surface area (Å²) in [6.45, 7) is 7.09. The normalized spacial score (nSPS) is 13.6. The van der Waals surface area contributed by atoms with E-state index >= 15 is 0 Å². The number of carbonyl (C=O) groups excluding carboxylic acids is 1. The standard InChI is InChI=1S/C26H26F2N2O3S/c1-26(2,3)20-7-4-17(5-8-20)12-25(31)30-15-18-6-10-22(13-19(18)16-30)34(32,33)29-24-11-9-21(27)14-23(24)28/h4-11,13-14,29H,12,15-16H2,1-3H3. The van der Waals surface area contributed by atoms with Gasteiger partial charge in [-0.3, -0.25) is 9.52 Å². The van der Waals surface area contributed by atoms with Gasteiger partial charge in [-0.15, -0.1) is 0 Å². The number of hydrogen-bond acceptors (Lipinski definition) is 3. The number of halogens is 2. The zero-order chi connectivity index (χ0) is 24.7. The van der Waals surface area contributed by atoms with E-state index in [0.29, 0.717) is 19.2 Å². The first kappa shape index (κ1) is 23.9. The molecule has 34 heavy (non-hydrogen) atoms. The van der Waals surface area contributed by atoms with Crippen LogP contribution in [0.25, 0.3) is 0 Å². The van der Waals surface area contributed by atoms with Crippen LogP contribution in [-0.4, -0.2) is 19.2 Å². The number of carbonyl (C=O) groups is 1. The molecule has 0 bridgehead atoms. The fourth-order valence-corrected chi connectivity index (χ4v) is 5.02. The summed E-state index contributed by atoms with van der Waals surface area (Å²) < 4.78 is 54.6. The third-order valence-corrected chi connectivity index (χ3v) is 7.28. The molecule has 1 amide bonds. The Morgan fingerprint density at radius 3 is 2.26 bits per heavy atom. The van der Waals surface area contributed by atoms with E-state index in [4.69, 9.17) is 0 Å². The number of nitrogens with one attached hydrogen (secondary N) is 1. The van der Waals surface area contributed by atoms with E-state index in [0.717, 1.165) is 28.8 Å². The lowest BCUT2D eigenvalue weighted by Crippen LogP contribution is -2.26. The van der Waals surface area contributed by atoms with Gasteiger partial charge in [-0.2, -0.15) is 0 Å². The van der Waals surface area contributed by atoms with Crippen LogP contribution in [0.4, 0.5) is 14.5 Å². The molecule has 3 aromatic carbocycles. The SMILES string of the molecule is CC(C)(C)c1ccc(CC(=O)N2Cc3ccc(S(=O)(=O)Nc4ccc(F)cc4F)cc3C2)cc1. The van der Waals surface area contributed by atoms with Gasteiger partial charge in [-0.05, 0) is 51.9 Å². The van der Waals surface area contributed by atoms with E-state index in [1.54, 1.807) is 11.0 Å². The molecule has 5 nitrogen and oxygen atoms in total. The summed E-state index contributed by atoms with van der Waals surface area (Å²) >= 11 is 0. The smallest absolute Gasteiger partial charge is 0.261 e. The lowest BCUT2D eigenvalue weighted by Gasteiger charge is -2.19. The van der Waals surface area contributed by atoms with Crippen molar-refractivity contribution in [2.75, 3.05) is 4.72 Å². The molecule has 0 spiro atoms. The first-order valence-electron chi connectivity index (χ1n) is 10.9. The molecule has 0 atom stereocenters. The van der Waals surface area contributed by atoms with Crippen LogP contribution >= 0.6 is 0 Å². The highest BCUT2D eigenvalue weighted by molar-refractivity contribution is 7.92. The quantitative estimate of drug-likeness (QED) is 0.545. The third kappa shape index (κ3) is 5.12. The molecule has 1 N–H and O–H groups in total. The molecule has 1 heterocycles. The van der Waals surface area contributed by atoms with Gasteiger partial charge >= 0.3 is 0 Å². The second-order valence-electron chi connectivity index (χ2n) is 9.53. The first-order valence-corrected chi connectivity index (χ1v) is 12.4.